The van der Waals surface area contributed by atoms with E-state index in [1.54, 1.807) is 0 Å². The van der Waals surface area contributed by atoms with Crippen LogP contribution in [0.25, 0.3) is 0 Å². The highest BCUT2D eigenvalue weighted by Gasteiger charge is 2.56. The SMILES string of the molecule is CCC1=CCC(CC)(OC(=O)C2=C(C(=O)OC3(CC)C=CC(CC)=CC3)C3C=CC2C3(C)C)C=C1. The van der Waals surface area contributed by atoms with Crippen molar-refractivity contribution in [1.82, 2.24) is 0 Å². The number of ether oxygens (including phenoxy) is 2. The minimum absolute atomic E-state index is 0.156. The third kappa shape index (κ3) is 4.41. The van der Waals surface area contributed by atoms with E-state index in [4.69, 9.17) is 9.47 Å². The molecule has 35 heavy (non-hydrogen) atoms. The zero-order valence-electron chi connectivity index (χ0n) is 22.1. The molecule has 0 saturated heterocycles. The number of rotatable bonds is 8. The molecule has 4 heteroatoms. The molecule has 4 nitrogen and oxygen atoms in total. The summed E-state index contributed by atoms with van der Waals surface area (Å²) >= 11 is 0. The van der Waals surface area contributed by atoms with Crippen LogP contribution in [-0.4, -0.2) is 23.1 Å². The van der Waals surface area contributed by atoms with Crippen LogP contribution in [-0.2, 0) is 19.1 Å². The molecule has 0 saturated carbocycles. The summed E-state index contributed by atoms with van der Waals surface area (Å²) in [6.07, 6.45) is 21.2. The first-order valence-electron chi connectivity index (χ1n) is 13.3. The molecule has 188 valence electrons. The molecule has 0 fully saturated rings. The number of fused-ring (bicyclic) bond motifs is 2. The van der Waals surface area contributed by atoms with Gasteiger partial charge in [0.15, 0.2) is 0 Å². The van der Waals surface area contributed by atoms with Gasteiger partial charge in [0, 0.05) is 24.7 Å². The summed E-state index contributed by atoms with van der Waals surface area (Å²) < 4.78 is 12.4. The topological polar surface area (TPSA) is 52.6 Å². The number of esters is 2. The predicted molar refractivity (Wildman–Crippen MR) is 139 cm³/mol. The van der Waals surface area contributed by atoms with E-state index in [1.165, 1.54) is 11.1 Å². The van der Waals surface area contributed by atoms with Gasteiger partial charge in [0.2, 0.25) is 0 Å². The van der Waals surface area contributed by atoms with Gasteiger partial charge in [-0.25, -0.2) is 9.59 Å². The number of allylic oxidation sites excluding steroid dienone is 6. The molecule has 4 aliphatic carbocycles. The van der Waals surface area contributed by atoms with Crippen LogP contribution in [0.3, 0.4) is 0 Å². The quantitative estimate of drug-likeness (QED) is 0.277. The Morgan fingerprint density at radius 2 is 1.17 bits per heavy atom. The van der Waals surface area contributed by atoms with Crippen LogP contribution in [0.2, 0.25) is 0 Å². The lowest BCUT2D eigenvalue weighted by atomic mass is 9.77. The van der Waals surface area contributed by atoms with Crippen molar-refractivity contribution in [3.8, 4) is 0 Å². The summed E-state index contributed by atoms with van der Waals surface area (Å²) in [7, 11) is 0. The summed E-state index contributed by atoms with van der Waals surface area (Å²) in [6.45, 7) is 12.6. The number of carbonyl (C=O) groups excluding carboxylic acids is 2. The average Bonchev–Trinajstić information content (AvgIpc) is 3.29. The van der Waals surface area contributed by atoms with Crippen LogP contribution in [0.1, 0.15) is 80.1 Å². The third-order valence-corrected chi connectivity index (χ3v) is 8.68. The first kappa shape index (κ1) is 25.5. The average molecular weight is 477 g/mol. The monoisotopic (exact) mass is 476 g/mol. The van der Waals surface area contributed by atoms with Crippen LogP contribution in [0.15, 0.2) is 70.9 Å². The fraction of sp³-hybridized carbons (Fsp3) is 0.548. The van der Waals surface area contributed by atoms with E-state index in [1.807, 2.05) is 26.0 Å². The maximum absolute atomic E-state index is 13.7. The van der Waals surface area contributed by atoms with Gasteiger partial charge in [0.25, 0.3) is 0 Å². The smallest absolute Gasteiger partial charge is 0.336 e. The van der Waals surface area contributed by atoms with Gasteiger partial charge in [-0.3, -0.25) is 0 Å². The maximum Gasteiger partial charge on any atom is 0.336 e. The predicted octanol–water partition coefficient (Wildman–Crippen LogP) is 7.10. The van der Waals surface area contributed by atoms with Crippen LogP contribution < -0.4 is 0 Å². The zero-order chi connectivity index (χ0) is 25.4. The van der Waals surface area contributed by atoms with Crippen molar-refractivity contribution >= 4 is 11.9 Å². The summed E-state index contributed by atoms with van der Waals surface area (Å²) in [4.78, 5) is 27.5. The molecule has 0 N–H and O–H groups in total. The van der Waals surface area contributed by atoms with E-state index >= 15 is 0 Å². The molecule has 4 aliphatic rings. The molecule has 2 bridgehead atoms. The van der Waals surface area contributed by atoms with E-state index in [2.05, 4.69) is 64.2 Å². The molecule has 4 atom stereocenters. The van der Waals surface area contributed by atoms with Gasteiger partial charge < -0.3 is 9.47 Å². The maximum atomic E-state index is 13.7. The molecule has 0 aromatic heterocycles. The first-order valence-corrected chi connectivity index (χ1v) is 13.3. The van der Waals surface area contributed by atoms with E-state index < -0.39 is 11.2 Å². The summed E-state index contributed by atoms with van der Waals surface area (Å²) in [5.41, 5.74) is 1.85. The summed E-state index contributed by atoms with van der Waals surface area (Å²) in [5.74, 6) is -1.09. The highest BCUT2D eigenvalue weighted by Crippen LogP contribution is 2.57. The minimum atomic E-state index is -0.675. The molecule has 0 radical (unpaired) electrons. The highest BCUT2D eigenvalue weighted by molar-refractivity contribution is 6.04. The lowest BCUT2D eigenvalue weighted by Gasteiger charge is -2.33. The summed E-state index contributed by atoms with van der Waals surface area (Å²) in [5, 5.41) is 0. The fourth-order valence-electron chi connectivity index (χ4n) is 5.88. The van der Waals surface area contributed by atoms with E-state index in [0.717, 1.165) is 12.8 Å². The summed E-state index contributed by atoms with van der Waals surface area (Å²) in [6, 6.07) is 0. The van der Waals surface area contributed by atoms with Crippen LogP contribution in [0, 0.1) is 17.3 Å². The van der Waals surface area contributed by atoms with Gasteiger partial charge in [-0.2, -0.15) is 0 Å². The van der Waals surface area contributed by atoms with Gasteiger partial charge in [0.1, 0.15) is 11.2 Å². The van der Waals surface area contributed by atoms with Crippen LogP contribution in [0.4, 0.5) is 0 Å². The molecule has 0 heterocycles. The Morgan fingerprint density at radius 3 is 1.46 bits per heavy atom. The normalized spacial score (nSPS) is 32.5. The Bertz CT molecular complexity index is 997. The van der Waals surface area contributed by atoms with Crippen molar-refractivity contribution < 1.29 is 19.1 Å². The largest absolute Gasteiger partial charge is 0.451 e. The van der Waals surface area contributed by atoms with E-state index in [-0.39, 0.29) is 29.2 Å². The fourth-order valence-corrected chi connectivity index (χ4v) is 5.88. The van der Waals surface area contributed by atoms with Gasteiger partial charge >= 0.3 is 11.9 Å². The standard InChI is InChI=1S/C31H40O4/c1-7-21-13-17-30(9-3,18-14-21)34-27(32)25-23-11-12-24(29(23,5)6)26(25)28(33)35-31(10-4)19-15-22(8-2)16-20-31/h11-17,19,23-24H,7-10,18,20H2,1-6H3. The second kappa shape index (κ2) is 9.44. The lowest BCUT2D eigenvalue weighted by Crippen LogP contribution is -2.36. The second-order valence-corrected chi connectivity index (χ2v) is 10.9. The van der Waals surface area contributed by atoms with Crippen molar-refractivity contribution in [2.45, 2.75) is 91.3 Å². The minimum Gasteiger partial charge on any atom is -0.451 e. The number of hydrogen-bond acceptors (Lipinski definition) is 4. The molecule has 0 aromatic carbocycles. The Kier molecular flexibility index (Phi) is 6.87. The molecular formula is C31H40O4. The molecule has 0 aromatic rings. The number of carbonyl (C=O) groups is 2. The van der Waals surface area contributed by atoms with Gasteiger partial charge in [-0.1, -0.05) is 89.1 Å². The van der Waals surface area contributed by atoms with Crippen molar-refractivity contribution in [2.24, 2.45) is 17.3 Å². The Morgan fingerprint density at radius 1 is 0.771 bits per heavy atom. The van der Waals surface area contributed by atoms with E-state index in [9.17, 15) is 9.59 Å². The first-order chi connectivity index (χ1) is 16.6. The van der Waals surface area contributed by atoms with Gasteiger partial charge in [-0.05, 0) is 43.3 Å². The highest BCUT2D eigenvalue weighted by atomic mass is 16.6. The molecule has 0 amide bonds. The Balaban J connectivity index is 1.63. The third-order valence-electron chi connectivity index (χ3n) is 8.68. The molecular weight excluding hydrogens is 436 g/mol. The Hall–Kier alpha value is -2.62. The Labute approximate surface area is 210 Å². The van der Waals surface area contributed by atoms with Crippen molar-refractivity contribution in [3.05, 3.63) is 70.9 Å². The second-order valence-electron chi connectivity index (χ2n) is 10.9. The van der Waals surface area contributed by atoms with Gasteiger partial charge in [-0.15, -0.1) is 0 Å². The van der Waals surface area contributed by atoms with E-state index in [0.29, 0.717) is 36.8 Å². The molecule has 0 aliphatic heterocycles. The lowest BCUT2D eigenvalue weighted by molar-refractivity contribution is -0.154. The molecule has 0 spiro atoms. The number of hydrogen-bond donors (Lipinski definition) is 0. The zero-order valence-corrected chi connectivity index (χ0v) is 22.1. The van der Waals surface area contributed by atoms with Crippen LogP contribution >= 0.6 is 0 Å². The van der Waals surface area contributed by atoms with Crippen molar-refractivity contribution in [3.63, 3.8) is 0 Å². The van der Waals surface area contributed by atoms with Crippen LogP contribution in [0.5, 0.6) is 0 Å². The van der Waals surface area contributed by atoms with Crippen molar-refractivity contribution in [2.75, 3.05) is 0 Å². The van der Waals surface area contributed by atoms with Crippen molar-refractivity contribution in [1.29, 1.82) is 0 Å². The molecule has 4 rings (SSSR count). The van der Waals surface area contributed by atoms with Gasteiger partial charge in [0.05, 0.1) is 11.1 Å². The molecule has 4 unspecified atom stereocenters.